The molecule has 11 heteroatoms. The van der Waals surface area contributed by atoms with E-state index in [0.29, 0.717) is 60.8 Å². The van der Waals surface area contributed by atoms with Gasteiger partial charge in [-0.1, -0.05) is 37.0 Å². The Kier molecular flexibility index (Phi) is 13.7. The normalized spacial score (nSPS) is 11.3. The Balaban J connectivity index is 1.76. The highest BCUT2D eigenvalue weighted by atomic mass is 19.1. The lowest BCUT2D eigenvalue weighted by Crippen LogP contribution is -2.45. The minimum absolute atomic E-state index is 0.242. The van der Waals surface area contributed by atoms with Crippen molar-refractivity contribution in [3.05, 3.63) is 77.6 Å². The molecular formula is C35H41FN8O2. The van der Waals surface area contributed by atoms with Crippen LogP contribution in [0, 0.1) is 29.0 Å². The van der Waals surface area contributed by atoms with Gasteiger partial charge in [0.15, 0.2) is 0 Å². The summed E-state index contributed by atoms with van der Waals surface area (Å²) >= 11 is 0. The number of hydrogen-bond donors (Lipinski definition) is 3. The summed E-state index contributed by atoms with van der Waals surface area (Å²) in [5.41, 5.74) is 2.28. The third-order valence-corrected chi connectivity index (χ3v) is 6.88. The fraction of sp³-hybridized carbons (Fsp3) is 0.343. The first-order valence-corrected chi connectivity index (χ1v) is 15.2. The van der Waals surface area contributed by atoms with Gasteiger partial charge in [0.2, 0.25) is 17.8 Å². The number of nitrogens with one attached hydrogen (secondary N) is 3. The Morgan fingerprint density at radius 3 is 2.48 bits per heavy atom. The SMILES string of the molecule is CCCNc1nc(Nc2ccc(C#N)cc2)nc(-c2ccccc2F)c1C#CCCCNC(=O)[C@H](C)N(C)C(=O)/C=C/CN(C)C. The van der Waals surface area contributed by atoms with Gasteiger partial charge < -0.3 is 25.8 Å². The van der Waals surface area contributed by atoms with E-state index >= 15 is 4.39 Å². The molecule has 1 heterocycles. The molecule has 3 rings (SSSR count). The standard InChI is InChI=1S/C35H41FN8O2/c1-6-21-38-33-29(14-8-7-11-22-39-34(46)25(2)44(5)31(45)16-12-23-43(3)4)32(28-13-9-10-15-30(28)36)41-35(42-33)40-27-19-17-26(24-37)18-20-27/h9-10,12-13,15-20,25H,6-7,11,21-23H2,1-5H3,(H,39,46)(H2,38,40,41,42)/b16-12+/t25-/m0/s1. The number of halogens is 1. The van der Waals surface area contributed by atoms with Crippen LogP contribution in [0.25, 0.3) is 11.3 Å². The van der Waals surface area contributed by atoms with Crippen molar-refractivity contribution in [3.8, 4) is 29.2 Å². The summed E-state index contributed by atoms with van der Waals surface area (Å²) in [5, 5.41) is 18.4. The molecule has 2 aromatic carbocycles. The van der Waals surface area contributed by atoms with E-state index in [0.717, 1.165) is 6.42 Å². The highest BCUT2D eigenvalue weighted by molar-refractivity contribution is 5.92. The van der Waals surface area contributed by atoms with Gasteiger partial charge in [-0.2, -0.15) is 10.2 Å². The summed E-state index contributed by atoms with van der Waals surface area (Å²) in [6.07, 6.45) is 5.07. The quantitative estimate of drug-likeness (QED) is 0.131. The number of carbonyl (C=O) groups is 2. The van der Waals surface area contributed by atoms with Crippen LogP contribution in [0.15, 0.2) is 60.7 Å². The van der Waals surface area contributed by atoms with Crippen LogP contribution in [-0.4, -0.2) is 78.4 Å². The minimum Gasteiger partial charge on any atom is -0.369 e. The van der Waals surface area contributed by atoms with Gasteiger partial charge in [-0.25, -0.2) is 9.37 Å². The van der Waals surface area contributed by atoms with Gasteiger partial charge in [0.1, 0.15) is 17.7 Å². The number of unbranched alkanes of at least 4 members (excludes halogenated alkanes) is 1. The molecule has 0 aliphatic heterocycles. The minimum atomic E-state index is -0.633. The van der Waals surface area contributed by atoms with Gasteiger partial charge in [0.05, 0.1) is 22.9 Å². The molecule has 3 N–H and O–H groups in total. The van der Waals surface area contributed by atoms with E-state index in [1.165, 1.54) is 17.0 Å². The Hall–Kier alpha value is -5.26. The summed E-state index contributed by atoms with van der Waals surface area (Å²) in [6.45, 7) is 5.33. The van der Waals surface area contributed by atoms with Crippen LogP contribution in [0.5, 0.6) is 0 Å². The second kappa shape index (κ2) is 17.9. The molecule has 0 aliphatic rings. The van der Waals surface area contributed by atoms with Crippen LogP contribution in [0.4, 0.5) is 21.8 Å². The maximum absolute atomic E-state index is 15.1. The van der Waals surface area contributed by atoms with Crippen molar-refractivity contribution < 1.29 is 14.0 Å². The van der Waals surface area contributed by atoms with Gasteiger partial charge in [-0.05, 0) is 70.3 Å². The molecule has 1 atom stereocenters. The van der Waals surface area contributed by atoms with Gasteiger partial charge in [0.25, 0.3) is 0 Å². The lowest BCUT2D eigenvalue weighted by Gasteiger charge is -2.23. The molecule has 0 saturated heterocycles. The second-order valence-corrected chi connectivity index (χ2v) is 10.8. The van der Waals surface area contributed by atoms with Crippen LogP contribution >= 0.6 is 0 Å². The molecule has 46 heavy (non-hydrogen) atoms. The van der Waals surface area contributed by atoms with E-state index in [9.17, 15) is 9.59 Å². The van der Waals surface area contributed by atoms with Gasteiger partial charge in [0, 0.05) is 50.4 Å². The molecule has 0 spiro atoms. The Morgan fingerprint density at radius 1 is 1.07 bits per heavy atom. The average molecular weight is 625 g/mol. The predicted octanol–water partition coefficient (Wildman–Crippen LogP) is 4.93. The number of hydrogen-bond acceptors (Lipinski definition) is 8. The van der Waals surface area contributed by atoms with Gasteiger partial charge >= 0.3 is 0 Å². The zero-order chi connectivity index (χ0) is 33.5. The van der Waals surface area contributed by atoms with Crippen LogP contribution < -0.4 is 16.0 Å². The van der Waals surface area contributed by atoms with Gasteiger partial charge in [-0.3, -0.25) is 9.59 Å². The summed E-state index contributed by atoms with van der Waals surface area (Å²) in [6, 6.07) is 14.7. The van der Waals surface area contributed by atoms with Crippen molar-refractivity contribution in [2.45, 2.75) is 39.2 Å². The number of likely N-dealkylation sites (N-methyl/N-ethyl adjacent to an activating group) is 2. The third kappa shape index (κ3) is 10.4. The van der Waals surface area contributed by atoms with Crippen LogP contribution in [0.3, 0.4) is 0 Å². The van der Waals surface area contributed by atoms with Gasteiger partial charge in [-0.15, -0.1) is 0 Å². The third-order valence-electron chi connectivity index (χ3n) is 6.88. The van der Waals surface area contributed by atoms with Crippen molar-refractivity contribution >= 4 is 29.3 Å². The number of carbonyl (C=O) groups excluding carboxylic acids is 2. The van der Waals surface area contributed by atoms with Crippen molar-refractivity contribution in [1.82, 2.24) is 25.1 Å². The lowest BCUT2D eigenvalue weighted by molar-refractivity contribution is -0.135. The number of rotatable bonds is 14. The molecular weight excluding hydrogens is 583 g/mol. The molecule has 240 valence electrons. The number of amides is 2. The van der Waals surface area contributed by atoms with Crippen LogP contribution in [0.1, 0.15) is 44.2 Å². The molecule has 0 aliphatic carbocycles. The zero-order valence-electron chi connectivity index (χ0n) is 27.0. The molecule has 0 bridgehead atoms. The van der Waals surface area contributed by atoms with Crippen molar-refractivity contribution in [2.24, 2.45) is 0 Å². The Bertz CT molecular complexity index is 1620. The summed E-state index contributed by atoms with van der Waals surface area (Å²) in [4.78, 5) is 37.7. The Morgan fingerprint density at radius 2 is 1.80 bits per heavy atom. The topological polar surface area (TPSA) is 126 Å². The van der Waals surface area contributed by atoms with Crippen LogP contribution in [0.2, 0.25) is 0 Å². The highest BCUT2D eigenvalue weighted by Crippen LogP contribution is 2.30. The molecule has 2 amide bonds. The number of anilines is 3. The number of benzene rings is 2. The number of aromatic nitrogens is 2. The van der Waals surface area contributed by atoms with Crippen molar-refractivity contribution in [1.29, 1.82) is 5.26 Å². The van der Waals surface area contributed by atoms with E-state index < -0.39 is 11.9 Å². The van der Waals surface area contributed by atoms with Crippen molar-refractivity contribution in [3.63, 3.8) is 0 Å². The van der Waals surface area contributed by atoms with E-state index in [-0.39, 0.29) is 23.3 Å². The van der Waals surface area contributed by atoms with E-state index in [2.05, 4.69) is 43.8 Å². The lowest BCUT2D eigenvalue weighted by atomic mass is 10.1. The van der Waals surface area contributed by atoms with Crippen molar-refractivity contribution in [2.75, 3.05) is 51.4 Å². The average Bonchev–Trinajstić information content (AvgIpc) is 3.05. The largest absolute Gasteiger partial charge is 0.369 e. The van der Waals surface area contributed by atoms with E-state index in [1.807, 2.05) is 25.9 Å². The molecule has 0 unspecified atom stereocenters. The summed E-state index contributed by atoms with van der Waals surface area (Å²) < 4.78 is 15.1. The second-order valence-electron chi connectivity index (χ2n) is 10.8. The molecule has 3 aromatic rings. The summed E-state index contributed by atoms with van der Waals surface area (Å²) in [5.74, 6) is 6.06. The Labute approximate surface area is 270 Å². The fourth-order valence-corrected chi connectivity index (χ4v) is 4.15. The fourth-order valence-electron chi connectivity index (χ4n) is 4.15. The molecule has 1 aromatic heterocycles. The maximum Gasteiger partial charge on any atom is 0.246 e. The van der Waals surface area contributed by atoms with E-state index in [1.54, 1.807) is 62.5 Å². The van der Waals surface area contributed by atoms with E-state index in [4.69, 9.17) is 5.26 Å². The first-order valence-electron chi connectivity index (χ1n) is 15.2. The number of nitrogens with zero attached hydrogens (tertiary/aromatic N) is 5. The molecule has 0 radical (unpaired) electrons. The molecule has 0 saturated carbocycles. The molecule has 0 fully saturated rings. The zero-order valence-corrected chi connectivity index (χ0v) is 27.0. The predicted molar refractivity (Wildman–Crippen MR) is 180 cm³/mol. The number of nitriles is 1. The maximum atomic E-state index is 15.1. The monoisotopic (exact) mass is 624 g/mol. The van der Waals surface area contributed by atoms with Crippen LogP contribution in [-0.2, 0) is 9.59 Å². The first-order chi connectivity index (χ1) is 22.1. The molecule has 10 nitrogen and oxygen atoms in total. The first kappa shape index (κ1) is 35.2. The summed E-state index contributed by atoms with van der Waals surface area (Å²) in [7, 11) is 5.42. The smallest absolute Gasteiger partial charge is 0.246 e. The highest BCUT2D eigenvalue weighted by Gasteiger charge is 2.21.